The maximum atomic E-state index is 12.0. The monoisotopic (exact) mass is 320 g/mol. The Kier molecular flexibility index (Phi) is 4.84. The van der Waals surface area contributed by atoms with Crippen molar-refractivity contribution in [3.63, 3.8) is 0 Å². The Bertz CT molecular complexity index is 745. The topological polar surface area (TPSA) is 106 Å². The van der Waals surface area contributed by atoms with E-state index >= 15 is 0 Å². The van der Waals surface area contributed by atoms with Crippen molar-refractivity contribution in [2.45, 2.75) is 6.54 Å². The fourth-order valence-corrected chi connectivity index (χ4v) is 2.68. The lowest BCUT2D eigenvalue weighted by Gasteiger charge is -2.21. The summed E-state index contributed by atoms with van der Waals surface area (Å²) < 4.78 is 25.1. The van der Waals surface area contributed by atoms with Gasteiger partial charge >= 0.3 is 0 Å². The van der Waals surface area contributed by atoms with E-state index in [1.807, 2.05) is 0 Å². The number of benzene rings is 1. The number of sulfonamides is 1. The van der Waals surface area contributed by atoms with Gasteiger partial charge in [-0.3, -0.25) is 9.10 Å². The lowest BCUT2D eigenvalue weighted by molar-refractivity contribution is 0.100. The first kappa shape index (κ1) is 16.1. The molecular weight excluding hydrogens is 304 g/mol. The van der Waals surface area contributed by atoms with E-state index < -0.39 is 10.0 Å². The number of nitrogens with two attached hydrogens (primary N) is 1. The van der Waals surface area contributed by atoms with Gasteiger partial charge in [0.25, 0.3) is 0 Å². The molecule has 22 heavy (non-hydrogen) atoms. The van der Waals surface area contributed by atoms with Gasteiger partial charge < -0.3 is 5.73 Å². The number of para-hydroxylation sites is 1. The van der Waals surface area contributed by atoms with Crippen LogP contribution in [-0.2, 0) is 16.6 Å². The highest BCUT2D eigenvalue weighted by Gasteiger charge is 2.19. The first-order valence-corrected chi connectivity index (χ1v) is 8.33. The molecule has 1 aromatic heterocycles. The van der Waals surface area contributed by atoms with Crippen LogP contribution in [0.3, 0.4) is 0 Å². The summed E-state index contributed by atoms with van der Waals surface area (Å²) in [5.74, 6) is 0.0254. The fourth-order valence-electron chi connectivity index (χ4n) is 1.82. The Morgan fingerprint density at radius 3 is 2.27 bits per heavy atom. The number of carbonyl (C=O) groups excluding carboxylic acids is 1. The Morgan fingerprint density at radius 1 is 1.18 bits per heavy atom. The van der Waals surface area contributed by atoms with Crippen molar-refractivity contribution in [1.29, 1.82) is 0 Å². The smallest absolute Gasteiger partial charge is 0.232 e. The Hall–Kier alpha value is -2.32. The molecule has 0 aliphatic heterocycles. The van der Waals surface area contributed by atoms with Gasteiger partial charge in [-0.05, 0) is 12.1 Å². The summed E-state index contributed by atoms with van der Waals surface area (Å²) in [6.45, 7) is -0.137. The number of Topliss-reactive ketones (excluding diaryl/α,β-unsaturated/α-hetero) is 1. The van der Waals surface area contributed by atoms with Crippen LogP contribution in [0.5, 0.6) is 0 Å². The molecule has 0 aliphatic rings. The van der Waals surface area contributed by atoms with Crippen LogP contribution in [0, 0.1) is 0 Å². The van der Waals surface area contributed by atoms with Crippen molar-refractivity contribution in [2.24, 2.45) is 5.73 Å². The summed E-state index contributed by atoms with van der Waals surface area (Å²) in [6.07, 6.45) is 3.82. The largest absolute Gasteiger partial charge is 0.324 e. The predicted octanol–water partition coefficient (Wildman–Crippen LogP) is 0.584. The Labute approximate surface area is 128 Å². The van der Waals surface area contributed by atoms with Gasteiger partial charge in [-0.1, -0.05) is 18.2 Å². The summed E-state index contributed by atoms with van der Waals surface area (Å²) in [6, 6.07) is 8.67. The standard InChI is InChI=1S/C14H16N4O3S/c1-22(20,21)18(12-5-3-2-4-6-12)10-14-16-8-11(9-17-14)13(19)7-15/h2-6,8-9H,7,10,15H2,1H3. The zero-order valence-corrected chi connectivity index (χ0v) is 12.8. The maximum absolute atomic E-state index is 12.0. The van der Waals surface area contributed by atoms with Gasteiger partial charge in [-0.25, -0.2) is 18.4 Å². The zero-order valence-electron chi connectivity index (χ0n) is 12.0. The molecule has 0 bridgehead atoms. The van der Waals surface area contributed by atoms with E-state index in [0.29, 0.717) is 17.1 Å². The quantitative estimate of drug-likeness (QED) is 0.781. The molecule has 0 saturated carbocycles. The molecule has 116 valence electrons. The zero-order chi connectivity index (χ0) is 16.2. The molecule has 1 heterocycles. The molecule has 0 amide bonds. The summed E-state index contributed by atoms with van der Waals surface area (Å²) >= 11 is 0. The number of rotatable bonds is 6. The molecular formula is C14H16N4O3S. The number of hydrogen-bond acceptors (Lipinski definition) is 6. The summed E-state index contributed by atoms with van der Waals surface area (Å²) in [5.41, 5.74) is 6.09. The molecule has 0 aliphatic carbocycles. The summed E-state index contributed by atoms with van der Waals surface area (Å²) in [5, 5.41) is 0. The second-order valence-electron chi connectivity index (χ2n) is 4.62. The molecule has 0 radical (unpaired) electrons. The number of anilines is 1. The van der Waals surface area contributed by atoms with Crippen molar-refractivity contribution in [1.82, 2.24) is 9.97 Å². The van der Waals surface area contributed by atoms with Crippen molar-refractivity contribution in [3.8, 4) is 0 Å². The lowest BCUT2D eigenvalue weighted by Crippen LogP contribution is -2.30. The van der Waals surface area contributed by atoms with Crippen LogP contribution in [0.25, 0.3) is 0 Å². The van der Waals surface area contributed by atoms with E-state index in [9.17, 15) is 13.2 Å². The highest BCUT2D eigenvalue weighted by atomic mass is 32.2. The van der Waals surface area contributed by atoms with E-state index in [4.69, 9.17) is 5.73 Å². The van der Waals surface area contributed by atoms with Crippen LogP contribution >= 0.6 is 0 Å². The van der Waals surface area contributed by atoms with Gasteiger partial charge in [0.1, 0.15) is 5.82 Å². The van der Waals surface area contributed by atoms with Gasteiger partial charge in [-0.2, -0.15) is 0 Å². The van der Waals surface area contributed by atoms with Crippen LogP contribution in [0.15, 0.2) is 42.7 Å². The molecule has 0 atom stereocenters. The van der Waals surface area contributed by atoms with Crippen LogP contribution in [0.4, 0.5) is 5.69 Å². The fraction of sp³-hybridized carbons (Fsp3) is 0.214. The minimum absolute atomic E-state index is 0.0139. The predicted molar refractivity (Wildman–Crippen MR) is 82.9 cm³/mol. The van der Waals surface area contributed by atoms with Crippen molar-refractivity contribution in [3.05, 3.63) is 54.1 Å². The molecule has 0 fully saturated rings. The third-order valence-electron chi connectivity index (χ3n) is 2.94. The van der Waals surface area contributed by atoms with Crippen LogP contribution in [-0.4, -0.2) is 37.0 Å². The maximum Gasteiger partial charge on any atom is 0.232 e. The first-order chi connectivity index (χ1) is 10.4. The normalized spacial score (nSPS) is 11.2. The number of ketones is 1. The van der Waals surface area contributed by atoms with Crippen LogP contribution < -0.4 is 10.0 Å². The minimum Gasteiger partial charge on any atom is -0.324 e. The van der Waals surface area contributed by atoms with Crippen LogP contribution in [0.2, 0.25) is 0 Å². The van der Waals surface area contributed by atoms with E-state index in [-0.39, 0.29) is 18.9 Å². The highest BCUT2D eigenvalue weighted by Crippen LogP contribution is 2.18. The van der Waals surface area contributed by atoms with Crippen molar-refractivity contribution >= 4 is 21.5 Å². The Morgan fingerprint density at radius 2 is 1.77 bits per heavy atom. The Balaban J connectivity index is 2.27. The third kappa shape index (κ3) is 3.86. The molecule has 0 spiro atoms. The average molecular weight is 320 g/mol. The van der Waals surface area contributed by atoms with E-state index in [0.717, 1.165) is 6.26 Å². The van der Waals surface area contributed by atoms with Crippen LogP contribution in [0.1, 0.15) is 16.2 Å². The van der Waals surface area contributed by atoms with Crippen molar-refractivity contribution < 1.29 is 13.2 Å². The average Bonchev–Trinajstić information content (AvgIpc) is 2.52. The molecule has 2 aromatic rings. The number of hydrogen-bond donors (Lipinski definition) is 1. The minimum atomic E-state index is -3.48. The van der Waals surface area contributed by atoms with Gasteiger partial charge in [0.2, 0.25) is 10.0 Å². The molecule has 7 nitrogen and oxygen atoms in total. The molecule has 8 heteroatoms. The van der Waals surface area contributed by atoms with Gasteiger partial charge in [0.05, 0.1) is 30.6 Å². The number of carbonyl (C=O) groups is 1. The van der Waals surface area contributed by atoms with Gasteiger partial charge in [-0.15, -0.1) is 0 Å². The summed E-state index contributed by atoms with van der Waals surface area (Å²) in [4.78, 5) is 19.5. The first-order valence-electron chi connectivity index (χ1n) is 6.49. The van der Waals surface area contributed by atoms with E-state index in [1.54, 1.807) is 30.3 Å². The summed E-state index contributed by atoms with van der Waals surface area (Å²) in [7, 11) is -3.48. The van der Waals surface area contributed by atoms with Gasteiger partial charge in [0, 0.05) is 12.4 Å². The second-order valence-corrected chi connectivity index (χ2v) is 6.53. The second kappa shape index (κ2) is 6.63. The van der Waals surface area contributed by atoms with Gasteiger partial charge in [0.15, 0.2) is 5.78 Å². The molecule has 0 unspecified atom stereocenters. The lowest BCUT2D eigenvalue weighted by atomic mass is 10.2. The van der Waals surface area contributed by atoms with E-state index in [2.05, 4.69) is 9.97 Å². The van der Waals surface area contributed by atoms with Crippen molar-refractivity contribution in [2.75, 3.05) is 17.1 Å². The molecule has 1 aromatic carbocycles. The number of aromatic nitrogens is 2. The molecule has 2 N–H and O–H groups in total. The number of nitrogens with zero attached hydrogens (tertiary/aromatic N) is 3. The SMILES string of the molecule is CS(=O)(=O)N(Cc1ncc(C(=O)CN)cn1)c1ccccc1. The highest BCUT2D eigenvalue weighted by molar-refractivity contribution is 7.92. The third-order valence-corrected chi connectivity index (χ3v) is 4.08. The molecule has 0 saturated heterocycles. The van der Waals surface area contributed by atoms with E-state index in [1.165, 1.54) is 16.7 Å². The molecule has 2 rings (SSSR count).